The summed E-state index contributed by atoms with van der Waals surface area (Å²) in [6, 6.07) is 0. The number of rotatable bonds is 2. The van der Waals surface area contributed by atoms with E-state index in [0.717, 1.165) is 12.8 Å². The van der Waals surface area contributed by atoms with Crippen LogP contribution in [-0.2, 0) is 4.79 Å². The molecule has 2 saturated carbocycles. The van der Waals surface area contributed by atoms with Crippen LogP contribution in [0, 0.1) is 17.3 Å². The van der Waals surface area contributed by atoms with Crippen LogP contribution in [-0.4, -0.2) is 33.0 Å². The molecule has 0 radical (unpaired) electrons. The van der Waals surface area contributed by atoms with Gasteiger partial charge in [-0.1, -0.05) is 13.5 Å². The molecular weight excluding hydrogens is 244 g/mol. The molecule has 0 aromatic rings. The van der Waals surface area contributed by atoms with Crippen LogP contribution in [0.5, 0.6) is 0 Å². The molecule has 4 nitrogen and oxygen atoms in total. The minimum Gasteiger partial charge on any atom is -0.478 e. The highest BCUT2D eigenvalue weighted by molar-refractivity contribution is 5.86. The third-order valence-corrected chi connectivity index (χ3v) is 5.29. The minimum absolute atomic E-state index is 0.0262. The van der Waals surface area contributed by atoms with Gasteiger partial charge in [0.1, 0.15) is 0 Å². The van der Waals surface area contributed by atoms with E-state index in [0.29, 0.717) is 19.3 Å². The summed E-state index contributed by atoms with van der Waals surface area (Å²) in [5, 5.41) is 29.6. The van der Waals surface area contributed by atoms with Crippen LogP contribution in [0.4, 0.5) is 0 Å². The number of hydrogen-bond acceptors (Lipinski definition) is 3. The van der Waals surface area contributed by atoms with Crippen LogP contribution in [0.1, 0.15) is 46.0 Å². The van der Waals surface area contributed by atoms with Crippen molar-refractivity contribution in [2.75, 3.05) is 0 Å². The van der Waals surface area contributed by atoms with E-state index in [2.05, 4.69) is 13.5 Å². The third kappa shape index (κ3) is 2.56. The van der Waals surface area contributed by atoms with Gasteiger partial charge in [0.25, 0.3) is 0 Å². The van der Waals surface area contributed by atoms with Crippen LogP contribution in [0.15, 0.2) is 12.2 Å². The fraction of sp³-hybridized carbons (Fsp3) is 0.800. The number of hydrogen-bond donors (Lipinski definition) is 3. The van der Waals surface area contributed by atoms with E-state index in [1.165, 1.54) is 0 Å². The highest BCUT2D eigenvalue weighted by atomic mass is 16.4. The predicted molar refractivity (Wildman–Crippen MR) is 71.6 cm³/mol. The fourth-order valence-corrected chi connectivity index (χ4v) is 4.33. The molecule has 4 heteroatoms. The smallest absolute Gasteiger partial charge is 0.331 e. The summed E-state index contributed by atoms with van der Waals surface area (Å²) in [5.41, 5.74) is -0.774. The normalized spacial score (nSPS) is 46.4. The van der Waals surface area contributed by atoms with Crippen LogP contribution >= 0.6 is 0 Å². The van der Waals surface area contributed by atoms with Gasteiger partial charge in [0.15, 0.2) is 0 Å². The maximum absolute atomic E-state index is 11.0. The lowest BCUT2D eigenvalue weighted by Gasteiger charge is -2.55. The van der Waals surface area contributed by atoms with Crippen molar-refractivity contribution in [1.82, 2.24) is 0 Å². The molecular formula is C15H24O4. The molecule has 2 rings (SSSR count). The van der Waals surface area contributed by atoms with Gasteiger partial charge in [-0.05, 0) is 49.9 Å². The number of aliphatic hydroxyl groups excluding tert-OH is 1. The maximum Gasteiger partial charge on any atom is 0.331 e. The van der Waals surface area contributed by atoms with Crippen molar-refractivity contribution in [3.05, 3.63) is 12.2 Å². The maximum atomic E-state index is 11.0. The molecule has 3 N–H and O–H groups in total. The second-order valence-electron chi connectivity index (χ2n) is 6.93. The highest BCUT2D eigenvalue weighted by Crippen LogP contribution is 2.56. The van der Waals surface area contributed by atoms with Crippen molar-refractivity contribution in [2.45, 2.75) is 57.7 Å². The van der Waals surface area contributed by atoms with E-state index >= 15 is 0 Å². The Labute approximate surface area is 114 Å². The summed E-state index contributed by atoms with van der Waals surface area (Å²) in [6.07, 6.45) is 2.87. The first-order chi connectivity index (χ1) is 8.66. The summed E-state index contributed by atoms with van der Waals surface area (Å²) in [6.45, 7) is 7.54. The zero-order valence-corrected chi connectivity index (χ0v) is 11.7. The molecule has 2 aliphatic carbocycles. The first-order valence-electron chi connectivity index (χ1n) is 6.98. The molecule has 0 saturated heterocycles. The Morgan fingerprint density at radius 2 is 1.95 bits per heavy atom. The Kier molecular flexibility index (Phi) is 3.52. The largest absolute Gasteiger partial charge is 0.478 e. The van der Waals surface area contributed by atoms with Crippen LogP contribution in [0.25, 0.3) is 0 Å². The fourth-order valence-electron chi connectivity index (χ4n) is 4.33. The number of aliphatic hydroxyl groups is 2. The molecule has 2 aliphatic rings. The lowest BCUT2D eigenvalue weighted by atomic mass is 9.52. The molecule has 0 amide bonds. The second kappa shape index (κ2) is 4.60. The van der Waals surface area contributed by atoms with E-state index in [1.54, 1.807) is 6.92 Å². The number of fused-ring (bicyclic) bond motifs is 1. The molecule has 2 unspecified atom stereocenters. The molecule has 0 spiro atoms. The molecule has 0 heterocycles. The van der Waals surface area contributed by atoms with Gasteiger partial charge in [0.05, 0.1) is 11.7 Å². The zero-order valence-electron chi connectivity index (χ0n) is 11.7. The molecule has 2 fully saturated rings. The summed E-state index contributed by atoms with van der Waals surface area (Å²) < 4.78 is 0. The summed E-state index contributed by atoms with van der Waals surface area (Å²) in [4.78, 5) is 11.0. The molecule has 0 aromatic carbocycles. The Bertz CT molecular complexity index is 401. The predicted octanol–water partition coefficient (Wildman–Crippen LogP) is 1.96. The van der Waals surface area contributed by atoms with Crippen molar-refractivity contribution >= 4 is 5.97 Å². The standard InChI is InChI=1S/C15H24O4/c1-9(13(17)18)10-4-5-14(2)7-11(16)8-15(3,19)12(14)6-10/h10-12,16,19H,1,4-8H2,2-3H3,(H,17,18)/t10?,11-,12?,14+,15-/m1/s1. The Morgan fingerprint density at radius 1 is 1.32 bits per heavy atom. The van der Waals surface area contributed by atoms with E-state index < -0.39 is 17.7 Å². The van der Waals surface area contributed by atoms with Crippen LogP contribution in [0.3, 0.4) is 0 Å². The van der Waals surface area contributed by atoms with E-state index in [1.807, 2.05) is 0 Å². The van der Waals surface area contributed by atoms with Crippen molar-refractivity contribution in [1.29, 1.82) is 0 Å². The van der Waals surface area contributed by atoms with Gasteiger partial charge in [-0.2, -0.15) is 0 Å². The molecule has 0 bridgehead atoms. The number of carboxylic acids is 1. The lowest BCUT2D eigenvalue weighted by molar-refractivity contribution is -0.157. The monoisotopic (exact) mass is 268 g/mol. The molecule has 0 aliphatic heterocycles. The van der Waals surface area contributed by atoms with Gasteiger partial charge < -0.3 is 15.3 Å². The SMILES string of the molecule is C=C(C(=O)O)C1CC[C@@]2(C)C[C@@H](O)C[C@@](C)(O)C2C1. The second-order valence-corrected chi connectivity index (χ2v) is 6.93. The van der Waals surface area contributed by atoms with Gasteiger partial charge in [-0.3, -0.25) is 0 Å². The van der Waals surface area contributed by atoms with E-state index in [4.69, 9.17) is 5.11 Å². The number of carbonyl (C=O) groups is 1. The van der Waals surface area contributed by atoms with Crippen LogP contribution in [0.2, 0.25) is 0 Å². The van der Waals surface area contributed by atoms with Gasteiger partial charge in [-0.15, -0.1) is 0 Å². The summed E-state index contributed by atoms with van der Waals surface area (Å²) in [7, 11) is 0. The molecule has 5 atom stereocenters. The van der Waals surface area contributed by atoms with Gasteiger partial charge >= 0.3 is 5.97 Å². The van der Waals surface area contributed by atoms with Crippen molar-refractivity contribution in [3.8, 4) is 0 Å². The Morgan fingerprint density at radius 3 is 2.53 bits per heavy atom. The Balaban J connectivity index is 2.22. The average Bonchev–Trinajstić information content (AvgIpc) is 2.25. The average molecular weight is 268 g/mol. The van der Waals surface area contributed by atoms with E-state index in [-0.39, 0.29) is 22.8 Å². The van der Waals surface area contributed by atoms with Crippen LogP contribution < -0.4 is 0 Å². The Hall–Kier alpha value is -0.870. The molecule has 108 valence electrons. The highest BCUT2D eigenvalue weighted by Gasteiger charge is 2.53. The van der Waals surface area contributed by atoms with Gasteiger partial charge in [-0.25, -0.2) is 4.79 Å². The number of carboxylic acid groups (broad SMARTS) is 1. The lowest BCUT2D eigenvalue weighted by Crippen LogP contribution is -2.55. The third-order valence-electron chi connectivity index (χ3n) is 5.29. The molecule has 19 heavy (non-hydrogen) atoms. The topological polar surface area (TPSA) is 77.8 Å². The summed E-state index contributed by atoms with van der Waals surface area (Å²) in [5.74, 6) is -0.973. The van der Waals surface area contributed by atoms with Crippen molar-refractivity contribution in [3.63, 3.8) is 0 Å². The van der Waals surface area contributed by atoms with Gasteiger partial charge in [0.2, 0.25) is 0 Å². The first kappa shape index (κ1) is 14.5. The van der Waals surface area contributed by atoms with Crippen molar-refractivity contribution < 1.29 is 20.1 Å². The zero-order chi connectivity index (χ0) is 14.4. The van der Waals surface area contributed by atoms with Crippen molar-refractivity contribution in [2.24, 2.45) is 17.3 Å². The van der Waals surface area contributed by atoms with E-state index in [9.17, 15) is 15.0 Å². The minimum atomic E-state index is -0.941. The quantitative estimate of drug-likeness (QED) is 0.669. The summed E-state index contributed by atoms with van der Waals surface area (Å²) >= 11 is 0. The number of aliphatic carboxylic acids is 1. The van der Waals surface area contributed by atoms with Gasteiger partial charge in [0, 0.05) is 12.0 Å². The molecule has 0 aromatic heterocycles. The first-order valence-corrected chi connectivity index (χ1v) is 6.98.